The molecule has 1 fully saturated rings. The van der Waals surface area contributed by atoms with Crippen molar-refractivity contribution in [2.75, 3.05) is 26.8 Å². The van der Waals surface area contributed by atoms with Crippen molar-refractivity contribution in [1.82, 2.24) is 9.88 Å². The molecule has 0 aliphatic carbocycles. The van der Waals surface area contributed by atoms with Crippen LogP contribution < -0.4 is 0 Å². The van der Waals surface area contributed by atoms with Gasteiger partial charge in [-0.05, 0) is 37.9 Å². The summed E-state index contributed by atoms with van der Waals surface area (Å²) in [7, 11) is 2.05. The number of ether oxygens (including phenoxy) is 1. The zero-order valence-electron chi connectivity index (χ0n) is 12.9. The quantitative estimate of drug-likeness (QED) is 0.544. The zero-order chi connectivity index (χ0) is 14.1. The minimum absolute atomic E-state index is 0. The zero-order valence-corrected chi connectivity index (χ0v) is 14.8. The molecule has 2 heterocycles. The van der Waals surface area contributed by atoms with Crippen molar-refractivity contribution in [3.8, 4) is 0 Å². The summed E-state index contributed by atoms with van der Waals surface area (Å²) in [5.41, 5.74) is 2.29. The molecule has 1 saturated heterocycles. The summed E-state index contributed by atoms with van der Waals surface area (Å²) in [5.74, 6) is 0.500. The molecule has 1 aromatic heterocycles. The van der Waals surface area contributed by atoms with Crippen LogP contribution in [-0.2, 0) is 11.3 Å². The van der Waals surface area contributed by atoms with Crippen molar-refractivity contribution in [2.24, 2.45) is 0 Å². The average molecular weight is 428 g/mol. The maximum atomic E-state index is 4.94. The summed E-state index contributed by atoms with van der Waals surface area (Å²) in [4.78, 5) is 6.74. The van der Waals surface area contributed by atoms with Crippen molar-refractivity contribution in [1.29, 1.82) is 0 Å². The molecule has 119 valence electrons. The van der Waals surface area contributed by atoms with Crippen LogP contribution >= 0.6 is 0 Å². The molecule has 1 radical (unpaired) electrons. The van der Waals surface area contributed by atoms with E-state index in [1.54, 1.807) is 0 Å². The van der Waals surface area contributed by atoms with Gasteiger partial charge in [-0.15, -0.1) is 6.54 Å². The Labute approximate surface area is 154 Å². The van der Waals surface area contributed by atoms with Crippen LogP contribution in [0.1, 0.15) is 44.0 Å². The smallest absolute Gasteiger partial charge is 0.0546 e. The largest absolute Gasteiger partial charge is 0.381 e. The van der Waals surface area contributed by atoms with Crippen LogP contribution in [0.4, 0.5) is 0 Å². The fourth-order valence-electron chi connectivity index (χ4n) is 1.77. The van der Waals surface area contributed by atoms with Gasteiger partial charge in [0, 0.05) is 63.2 Å². The Kier molecular flexibility index (Phi) is 12.1. The van der Waals surface area contributed by atoms with Gasteiger partial charge in [-0.3, -0.25) is 4.98 Å². The molecule has 1 aliphatic heterocycles. The molecular formula is C16H27HoN2O-. The molecule has 1 aliphatic rings. The summed E-state index contributed by atoms with van der Waals surface area (Å²) in [6.07, 6.45) is 2.56. The molecule has 4 heteroatoms. The van der Waals surface area contributed by atoms with Gasteiger partial charge in [0.2, 0.25) is 0 Å². The molecule has 0 saturated carbocycles. The van der Waals surface area contributed by atoms with Gasteiger partial charge in [0.25, 0.3) is 0 Å². The average Bonchev–Trinajstić information content (AvgIpc) is 2.98. The van der Waals surface area contributed by atoms with E-state index in [9.17, 15) is 0 Å². The first-order valence-corrected chi connectivity index (χ1v) is 7.15. The van der Waals surface area contributed by atoms with Gasteiger partial charge in [-0.25, -0.2) is 0 Å². The van der Waals surface area contributed by atoms with Crippen molar-refractivity contribution < 1.29 is 42.5 Å². The number of aromatic nitrogens is 1. The first-order chi connectivity index (χ1) is 9.13. The minimum Gasteiger partial charge on any atom is -0.381 e. The van der Waals surface area contributed by atoms with Gasteiger partial charge in [0.05, 0.1) is 5.69 Å². The van der Waals surface area contributed by atoms with Gasteiger partial charge < -0.3 is 16.6 Å². The van der Waals surface area contributed by atoms with E-state index in [1.807, 2.05) is 0 Å². The van der Waals surface area contributed by atoms with Crippen molar-refractivity contribution >= 4 is 0 Å². The Morgan fingerprint density at radius 2 is 1.95 bits per heavy atom. The first-order valence-electron chi connectivity index (χ1n) is 7.15. The first kappa shape index (κ1) is 20.3. The number of nitrogens with zero attached hydrogens (tertiary/aromatic N) is 2. The summed E-state index contributed by atoms with van der Waals surface area (Å²) in [6, 6.07) is 6.23. The predicted octanol–water partition coefficient (Wildman–Crippen LogP) is 3.27. The van der Waals surface area contributed by atoms with Crippen molar-refractivity contribution in [3.05, 3.63) is 36.5 Å². The molecule has 20 heavy (non-hydrogen) atoms. The van der Waals surface area contributed by atoms with Crippen molar-refractivity contribution in [2.45, 2.75) is 39.2 Å². The molecule has 0 N–H and O–H groups in total. The van der Waals surface area contributed by atoms with Gasteiger partial charge in [0.15, 0.2) is 0 Å². The Bertz CT molecular complexity index is 346. The summed E-state index contributed by atoms with van der Waals surface area (Å²) in [6.45, 7) is 11.9. The van der Waals surface area contributed by atoms with Crippen LogP contribution in [0, 0.1) is 44.7 Å². The second-order valence-corrected chi connectivity index (χ2v) is 5.27. The van der Waals surface area contributed by atoms with Crippen LogP contribution in [-0.4, -0.2) is 36.7 Å². The third-order valence-electron chi connectivity index (χ3n) is 3.06. The standard InChI is InChI=1S/C12H19N2.C4H8O.Ho/c1-5-14(4)9-11-7-6-8-12(13-11)10(2)3;1-2-4-5-3-1;/h6-8,10H,1,5,9H2,2-4H3;1-4H2;/q-1;;. The van der Waals surface area contributed by atoms with Crippen LogP contribution in [0.2, 0.25) is 0 Å². The van der Waals surface area contributed by atoms with Gasteiger partial charge >= 0.3 is 0 Å². The molecule has 0 spiro atoms. The van der Waals surface area contributed by atoms with Crippen molar-refractivity contribution in [3.63, 3.8) is 0 Å². The monoisotopic (exact) mass is 428 g/mol. The third-order valence-corrected chi connectivity index (χ3v) is 3.06. The van der Waals surface area contributed by atoms with E-state index in [2.05, 4.69) is 55.9 Å². The Balaban J connectivity index is 0.000000507. The van der Waals surface area contributed by atoms with E-state index in [1.165, 1.54) is 18.5 Å². The number of hydrogen-bond donors (Lipinski definition) is 0. The predicted molar refractivity (Wildman–Crippen MR) is 80.1 cm³/mol. The van der Waals surface area contributed by atoms with E-state index >= 15 is 0 Å². The van der Waals surface area contributed by atoms with E-state index in [0.29, 0.717) is 5.92 Å². The number of rotatable bonds is 4. The molecule has 0 amide bonds. The van der Waals surface area contributed by atoms with E-state index in [0.717, 1.165) is 32.0 Å². The van der Waals surface area contributed by atoms with E-state index in [4.69, 9.17) is 4.74 Å². The summed E-state index contributed by atoms with van der Waals surface area (Å²) < 4.78 is 4.94. The Morgan fingerprint density at radius 1 is 1.30 bits per heavy atom. The second-order valence-electron chi connectivity index (χ2n) is 5.27. The normalized spacial score (nSPS) is 13.9. The van der Waals surface area contributed by atoms with Crippen LogP contribution in [0.3, 0.4) is 0 Å². The number of pyridine rings is 1. The van der Waals surface area contributed by atoms with E-state index in [-0.39, 0.29) is 37.7 Å². The van der Waals surface area contributed by atoms with Gasteiger partial charge in [0.1, 0.15) is 0 Å². The minimum atomic E-state index is 0. The fraction of sp³-hybridized carbons (Fsp3) is 0.625. The summed E-state index contributed by atoms with van der Waals surface area (Å²) >= 11 is 0. The molecule has 3 nitrogen and oxygen atoms in total. The maximum Gasteiger partial charge on any atom is 0.0546 e. The van der Waals surface area contributed by atoms with Crippen LogP contribution in [0.15, 0.2) is 18.2 Å². The second kappa shape index (κ2) is 11.9. The topological polar surface area (TPSA) is 25.4 Å². The van der Waals surface area contributed by atoms with E-state index < -0.39 is 0 Å². The molecule has 0 bridgehead atoms. The Hall–Kier alpha value is 0.330. The van der Waals surface area contributed by atoms with Crippen LogP contribution in [0.5, 0.6) is 0 Å². The molecule has 0 aromatic carbocycles. The van der Waals surface area contributed by atoms with Crippen LogP contribution in [0.25, 0.3) is 0 Å². The maximum absolute atomic E-state index is 4.94. The van der Waals surface area contributed by atoms with Gasteiger partial charge in [-0.1, -0.05) is 19.9 Å². The molecule has 1 aromatic rings. The fourth-order valence-corrected chi connectivity index (χ4v) is 1.77. The SMILES string of the molecule is C1CCOC1.[CH2-]CN(C)Cc1cccc(C(C)C)n1.[Ho]. The third kappa shape index (κ3) is 8.58. The summed E-state index contributed by atoms with van der Waals surface area (Å²) in [5, 5.41) is 0. The Morgan fingerprint density at radius 3 is 2.40 bits per heavy atom. The molecular weight excluding hydrogens is 401 g/mol. The number of hydrogen-bond acceptors (Lipinski definition) is 3. The van der Waals surface area contributed by atoms with Gasteiger partial charge in [-0.2, -0.15) is 0 Å². The molecule has 0 atom stereocenters. The molecule has 2 rings (SSSR count). The molecule has 0 unspecified atom stereocenters.